The first-order valence-corrected chi connectivity index (χ1v) is 9.65. The standard InChI is InChI=1S/C23H28N2O3/c1-23(2,3)28-22(27)25-15-14-20(16-25)24(4)21(26)19-12-10-18(11-13-19)17-8-6-5-7-9-17/h5-13,20H,14-16H2,1-4H3. The molecule has 1 atom stereocenters. The third kappa shape index (κ3) is 4.71. The van der Waals surface area contributed by atoms with E-state index in [2.05, 4.69) is 0 Å². The molecule has 0 aliphatic carbocycles. The molecule has 1 saturated heterocycles. The Labute approximate surface area is 166 Å². The number of amides is 2. The van der Waals surface area contributed by atoms with Crippen LogP contribution in [-0.2, 0) is 4.74 Å². The van der Waals surface area contributed by atoms with Crippen LogP contribution in [-0.4, -0.2) is 53.6 Å². The number of benzene rings is 2. The highest BCUT2D eigenvalue weighted by Gasteiger charge is 2.33. The van der Waals surface area contributed by atoms with Gasteiger partial charge in [-0.1, -0.05) is 42.5 Å². The molecule has 1 fully saturated rings. The van der Waals surface area contributed by atoms with Crippen molar-refractivity contribution in [2.45, 2.75) is 38.8 Å². The summed E-state index contributed by atoms with van der Waals surface area (Å²) in [5, 5.41) is 0. The number of likely N-dealkylation sites (tertiary alicyclic amines) is 1. The zero-order valence-electron chi connectivity index (χ0n) is 17.0. The molecular formula is C23H28N2O3. The molecule has 0 spiro atoms. The summed E-state index contributed by atoms with van der Waals surface area (Å²) in [6.45, 7) is 6.66. The first-order valence-electron chi connectivity index (χ1n) is 9.65. The van der Waals surface area contributed by atoms with Gasteiger partial charge in [0.2, 0.25) is 0 Å². The van der Waals surface area contributed by atoms with Crippen molar-refractivity contribution in [2.75, 3.05) is 20.1 Å². The van der Waals surface area contributed by atoms with Gasteiger partial charge in [-0.2, -0.15) is 0 Å². The second-order valence-electron chi connectivity index (χ2n) is 8.23. The molecule has 1 aliphatic heterocycles. The van der Waals surface area contributed by atoms with Crippen LogP contribution in [0.4, 0.5) is 4.79 Å². The van der Waals surface area contributed by atoms with Gasteiger partial charge in [0.15, 0.2) is 0 Å². The van der Waals surface area contributed by atoms with Crippen molar-refractivity contribution in [1.82, 2.24) is 9.80 Å². The van der Waals surface area contributed by atoms with Crippen LogP contribution in [0.25, 0.3) is 11.1 Å². The van der Waals surface area contributed by atoms with Gasteiger partial charge in [-0.05, 0) is 50.5 Å². The van der Waals surface area contributed by atoms with Crippen LogP contribution in [0.3, 0.4) is 0 Å². The van der Waals surface area contributed by atoms with Crippen molar-refractivity contribution in [3.05, 3.63) is 60.2 Å². The van der Waals surface area contributed by atoms with E-state index in [0.29, 0.717) is 18.7 Å². The predicted molar refractivity (Wildman–Crippen MR) is 110 cm³/mol. The Morgan fingerprint density at radius 2 is 1.61 bits per heavy atom. The molecule has 2 aromatic carbocycles. The number of hydrogen-bond donors (Lipinski definition) is 0. The van der Waals surface area contributed by atoms with E-state index in [0.717, 1.165) is 17.5 Å². The predicted octanol–water partition coefficient (Wildman–Crippen LogP) is 4.44. The normalized spacial score (nSPS) is 16.7. The number of carbonyl (C=O) groups is 2. The average Bonchev–Trinajstić information content (AvgIpc) is 3.17. The van der Waals surface area contributed by atoms with Gasteiger partial charge in [0.25, 0.3) is 5.91 Å². The van der Waals surface area contributed by atoms with E-state index in [1.807, 2.05) is 75.4 Å². The molecule has 1 aliphatic rings. The lowest BCUT2D eigenvalue weighted by molar-refractivity contribution is 0.0279. The third-order valence-electron chi connectivity index (χ3n) is 4.92. The van der Waals surface area contributed by atoms with Crippen molar-refractivity contribution in [1.29, 1.82) is 0 Å². The second kappa shape index (κ2) is 8.05. The van der Waals surface area contributed by atoms with Crippen molar-refractivity contribution < 1.29 is 14.3 Å². The number of hydrogen-bond acceptors (Lipinski definition) is 3. The van der Waals surface area contributed by atoms with Crippen LogP contribution < -0.4 is 0 Å². The number of ether oxygens (including phenoxy) is 1. The molecule has 3 rings (SSSR count). The number of carbonyl (C=O) groups excluding carboxylic acids is 2. The summed E-state index contributed by atoms with van der Waals surface area (Å²) in [4.78, 5) is 28.5. The van der Waals surface area contributed by atoms with Crippen LogP contribution in [0.5, 0.6) is 0 Å². The molecule has 5 nitrogen and oxygen atoms in total. The van der Waals surface area contributed by atoms with Crippen LogP contribution in [0.15, 0.2) is 54.6 Å². The van der Waals surface area contributed by atoms with E-state index in [9.17, 15) is 9.59 Å². The van der Waals surface area contributed by atoms with Gasteiger partial charge in [0.1, 0.15) is 5.60 Å². The van der Waals surface area contributed by atoms with Gasteiger partial charge in [-0.25, -0.2) is 4.79 Å². The minimum Gasteiger partial charge on any atom is -0.444 e. The first kappa shape index (κ1) is 19.9. The van der Waals surface area contributed by atoms with Crippen molar-refractivity contribution >= 4 is 12.0 Å². The Morgan fingerprint density at radius 1 is 1.00 bits per heavy atom. The summed E-state index contributed by atoms with van der Waals surface area (Å²) < 4.78 is 5.43. The zero-order chi connectivity index (χ0) is 20.3. The summed E-state index contributed by atoms with van der Waals surface area (Å²) in [6, 6.07) is 17.7. The number of nitrogens with zero attached hydrogens (tertiary/aromatic N) is 2. The largest absolute Gasteiger partial charge is 0.444 e. The average molecular weight is 380 g/mol. The van der Waals surface area contributed by atoms with Crippen LogP contribution >= 0.6 is 0 Å². The SMILES string of the molecule is CN(C(=O)c1ccc(-c2ccccc2)cc1)C1CCN(C(=O)OC(C)(C)C)C1. The lowest BCUT2D eigenvalue weighted by Crippen LogP contribution is -2.41. The van der Waals surface area contributed by atoms with Crippen molar-refractivity contribution in [3.8, 4) is 11.1 Å². The molecule has 1 unspecified atom stereocenters. The Hall–Kier alpha value is -2.82. The van der Waals surface area contributed by atoms with E-state index >= 15 is 0 Å². The molecule has 0 saturated carbocycles. The van der Waals surface area contributed by atoms with Gasteiger partial charge in [0, 0.05) is 25.7 Å². The molecule has 0 aromatic heterocycles. The van der Waals surface area contributed by atoms with Gasteiger partial charge >= 0.3 is 6.09 Å². The Balaban J connectivity index is 1.62. The molecule has 1 heterocycles. The Kier molecular flexibility index (Phi) is 5.73. The lowest BCUT2D eigenvalue weighted by Gasteiger charge is -2.27. The monoisotopic (exact) mass is 380 g/mol. The van der Waals surface area contributed by atoms with Crippen LogP contribution in [0, 0.1) is 0 Å². The summed E-state index contributed by atoms with van der Waals surface area (Å²) in [7, 11) is 1.80. The molecule has 2 aromatic rings. The summed E-state index contributed by atoms with van der Waals surface area (Å²) in [5.41, 5.74) is 2.34. The molecule has 2 amide bonds. The molecule has 148 valence electrons. The molecule has 0 radical (unpaired) electrons. The van der Waals surface area contributed by atoms with E-state index in [1.165, 1.54) is 0 Å². The molecule has 28 heavy (non-hydrogen) atoms. The van der Waals surface area contributed by atoms with E-state index in [1.54, 1.807) is 16.8 Å². The molecule has 0 bridgehead atoms. The van der Waals surface area contributed by atoms with Crippen molar-refractivity contribution in [2.24, 2.45) is 0 Å². The summed E-state index contributed by atoms with van der Waals surface area (Å²) >= 11 is 0. The van der Waals surface area contributed by atoms with Crippen molar-refractivity contribution in [3.63, 3.8) is 0 Å². The summed E-state index contributed by atoms with van der Waals surface area (Å²) in [5.74, 6) is -0.0318. The summed E-state index contributed by atoms with van der Waals surface area (Å²) in [6.07, 6.45) is 0.437. The highest BCUT2D eigenvalue weighted by atomic mass is 16.6. The van der Waals surface area contributed by atoms with E-state index in [-0.39, 0.29) is 18.0 Å². The molecule has 5 heteroatoms. The zero-order valence-corrected chi connectivity index (χ0v) is 17.0. The minimum atomic E-state index is -0.516. The second-order valence-corrected chi connectivity index (χ2v) is 8.23. The Bertz CT molecular complexity index is 825. The fourth-order valence-corrected chi connectivity index (χ4v) is 3.36. The van der Waals surface area contributed by atoms with Gasteiger partial charge < -0.3 is 14.5 Å². The van der Waals surface area contributed by atoms with E-state index in [4.69, 9.17) is 4.74 Å². The third-order valence-corrected chi connectivity index (χ3v) is 4.92. The van der Waals surface area contributed by atoms with Gasteiger partial charge in [0.05, 0.1) is 6.04 Å². The maximum atomic E-state index is 12.9. The fourth-order valence-electron chi connectivity index (χ4n) is 3.36. The molecular weight excluding hydrogens is 352 g/mol. The lowest BCUT2D eigenvalue weighted by atomic mass is 10.0. The van der Waals surface area contributed by atoms with Gasteiger partial charge in [-0.3, -0.25) is 4.79 Å². The number of rotatable bonds is 3. The maximum absolute atomic E-state index is 12.9. The highest BCUT2D eigenvalue weighted by molar-refractivity contribution is 5.94. The minimum absolute atomic E-state index is 0.00572. The highest BCUT2D eigenvalue weighted by Crippen LogP contribution is 2.22. The maximum Gasteiger partial charge on any atom is 0.410 e. The van der Waals surface area contributed by atoms with Gasteiger partial charge in [-0.15, -0.1) is 0 Å². The van der Waals surface area contributed by atoms with E-state index < -0.39 is 5.60 Å². The fraction of sp³-hybridized carbons (Fsp3) is 0.391. The number of likely N-dealkylation sites (N-methyl/N-ethyl adjacent to an activating group) is 1. The van der Waals surface area contributed by atoms with Crippen LogP contribution in [0.2, 0.25) is 0 Å². The quantitative estimate of drug-likeness (QED) is 0.791. The first-order chi connectivity index (χ1) is 13.2. The smallest absolute Gasteiger partial charge is 0.410 e. The molecule has 0 N–H and O–H groups in total. The van der Waals surface area contributed by atoms with Crippen LogP contribution in [0.1, 0.15) is 37.6 Å². The Morgan fingerprint density at radius 3 is 2.21 bits per heavy atom. The topological polar surface area (TPSA) is 49.9 Å².